The Morgan fingerprint density at radius 2 is 1.69 bits per heavy atom. The third-order valence-electron chi connectivity index (χ3n) is 1.23. The van der Waals surface area contributed by atoms with E-state index in [0.717, 1.165) is 6.26 Å². The van der Waals surface area contributed by atoms with Gasteiger partial charge in [-0.25, -0.2) is 0 Å². The summed E-state index contributed by atoms with van der Waals surface area (Å²) in [6, 6.07) is 0. The van der Waals surface area contributed by atoms with Crippen molar-refractivity contribution < 1.29 is 35.1 Å². The molecule has 0 N–H and O–H groups in total. The maximum atomic E-state index is 10.6. The van der Waals surface area contributed by atoms with Gasteiger partial charge in [0.1, 0.15) is 6.10 Å². The normalized spacial score (nSPS) is 14.6. The highest BCUT2D eigenvalue weighted by Crippen LogP contribution is 2.03. The molecular weight excluding hydrogens is 264 g/mol. The largest absolute Gasteiger partial charge is 0.547 e. The Hall–Kier alpha value is -0.710. The molecule has 0 spiro atoms. The topological polar surface area (TPSA) is 127 Å². The first-order valence-electron chi connectivity index (χ1n) is 3.95. The quantitative estimate of drug-likeness (QED) is 0.464. The molecule has 0 aromatic carbocycles. The van der Waals surface area contributed by atoms with Crippen LogP contribution in [0.5, 0.6) is 0 Å². The van der Waals surface area contributed by atoms with Gasteiger partial charge in [0.25, 0.3) is 20.2 Å². The van der Waals surface area contributed by atoms with Gasteiger partial charge in [0, 0.05) is 6.42 Å². The van der Waals surface area contributed by atoms with E-state index in [9.17, 15) is 26.7 Å². The van der Waals surface area contributed by atoms with Gasteiger partial charge in [-0.1, -0.05) is 0 Å². The van der Waals surface area contributed by atoms with Crippen molar-refractivity contribution >= 4 is 26.2 Å². The zero-order chi connectivity index (χ0) is 13.0. The van der Waals surface area contributed by atoms with E-state index < -0.39 is 45.3 Å². The minimum atomic E-state index is -3.96. The molecule has 0 radical (unpaired) electrons. The summed E-state index contributed by atoms with van der Waals surface area (Å²) in [5.74, 6) is -1.76. The lowest BCUT2D eigenvalue weighted by Gasteiger charge is -2.16. The summed E-state index contributed by atoms with van der Waals surface area (Å²) in [6.07, 6.45) is -0.780. The van der Waals surface area contributed by atoms with Gasteiger partial charge in [-0.3, -0.25) is 8.37 Å². The number of carboxylic acid groups (broad SMARTS) is 1. The van der Waals surface area contributed by atoms with E-state index in [-0.39, 0.29) is 0 Å². The Balaban J connectivity index is 4.33. The van der Waals surface area contributed by atoms with E-state index in [1.807, 2.05) is 0 Å². The number of carbonyl (C=O) groups is 1. The molecule has 96 valence electrons. The van der Waals surface area contributed by atoms with E-state index in [2.05, 4.69) is 8.37 Å². The van der Waals surface area contributed by atoms with Crippen LogP contribution in [0, 0.1) is 0 Å². The summed E-state index contributed by atoms with van der Waals surface area (Å²) in [7, 11) is -7.67. The molecule has 0 aromatic rings. The number of hydrogen-bond donors (Lipinski definition) is 0. The average molecular weight is 275 g/mol. The van der Waals surface area contributed by atoms with Crippen molar-refractivity contribution in [3.8, 4) is 0 Å². The van der Waals surface area contributed by atoms with E-state index in [1.165, 1.54) is 0 Å². The Kier molecular flexibility index (Phi) is 5.32. The van der Waals surface area contributed by atoms with Gasteiger partial charge in [0.2, 0.25) is 0 Å². The van der Waals surface area contributed by atoms with Crippen LogP contribution in [0.3, 0.4) is 0 Å². The molecule has 16 heavy (non-hydrogen) atoms. The number of aliphatic carboxylic acids is 1. The van der Waals surface area contributed by atoms with Gasteiger partial charge in [-0.15, -0.1) is 0 Å². The molecule has 8 nitrogen and oxygen atoms in total. The standard InChI is InChI=1S/C6H12O8S2/c1-15(9,10)13-4-3-5(6(7)8)14-16(2,11)12/h5H,3-4H2,1-2H3,(H,7,8)/p-1. The second-order valence-corrected chi connectivity index (χ2v) is 6.17. The highest BCUT2D eigenvalue weighted by molar-refractivity contribution is 7.86. The molecule has 0 aliphatic carbocycles. The van der Waals surface area contributed by atoms with Crippen LogP contribution in [0.2, 0.25) is 0 Å². The number of carboxylic acids is 1. The molecule has 10 heteroatoms. The molecule has 0 saturated carbocycles. The second-order valence-electron chi connectivity index (χ2n) is 2.92. The molecule has 0 amide bonds. The van der Waals surface area contributed by atoms with Crippen LogP contribution < -0.4 is 5.11 Å². The fourth-order valence-electron chi connectivity index (χ4n) is 0.723. The van der Waals surface area contributed by atoms with Crippen molar-refractivity contribution in [1.29, 1.82) is 0 Å². The Morgan fingerprint density at radius 1 is 1.19 bits per heavy atom. The van der Waals surface area contributed by atoms with Gasteiger partial charge in [0.15, 0.2) is 0 Å². The van der Waals surface area contributed by atoms with Gasteiger partial charge < -0.3 is 9.90 Å². The zero-order valence-corrected chi connectivity index (χ0v) is 10.2. The van der Waals surface area contributed by atoms with Crippen LogP contribution in [0.4, 0.5) is 0 Å². The maximum Gasteiger partial charge on any atom is 0.265 e. The van der Waals surface area contributed by atoms with Crippen molar-refractivity contribution in [2.75, 3.05) is 19.1 Å². The van der Waals surface area contributed by atoms with Crippen LogP contribution in [-0.2, 0) is 33.4 Å². The van der Waals surface area contributed by atoms with E-state index >= 15 is 0 Å². The van der Waals surface area contributed by atoms with Crippen LogP contribution in [0.1, 0.15) is 6.42 Å². The van der Waals surface area contributed by atoms with E-state index in [4.69, 9.17) is 0 Å². The first kappa shape index (κ1) is 15.3. The minimum absolute atomic E-state index is 0.456. The first-order valence-corrected chi connectivity index (χ1v) is 7.58. The highest BCUT2D eigenvalue weighted by Gasteiger charge is 2.17. The zero-order valence-electron chi connectivity index (χ0n) is 8.57. The summed E-state index contributed by atoms with van der Waals surface area (Å²) in [5.41, 5.74) is 0. The summed E-state index contributed by atoms with van der Waals surface area (Å²) >= 11 is 0. The maximum absolute atomic E-state index is 10.6. The minimum Gasteiger partial charge on any atom is -0.547 e. The fourth-order valence-corrected chi connectivity index (χ4v) is 1.72. The fraction of sp³-hybridized carbons (Fsp3) is 0.833. The Labute approximate surface area is 93.4 Å². The van der Waals surface area contributed by atoms with Crippen molar-refractivity contribution in [3.05, 3.63) is 0 Å². The second kappa shape index (κ2) is 5.57. The number of carbonyl (C=O) groups excluding carboxylic acids is 1. The van der Waals surface area contributed by atoms with Gasteiger partial charge in [-0.2, -0.15) is 16.8 Å². The molecule has 0 fully saturated rings. The molecule has 0 aliphatic rings. The lowest BCUT2D eigenvalue weighted by atomic mass is 10.3. The van der Waals surface area contributed by atoms with E-state index in [0.29, 0.717) is 6.26 Å². The SMILES string of the molecule is CS(=O)(=O)OCCC(OS(C)(=O)=O)C(=O)[O-]. The van der Waals surface area contributed by atoms with Crippen LogP contribution in [-0.4, -0.2) is 48.0 Å². The summed E-state index contributed by atoms with van der Waals surface area (Å²) in [4.78, 5) is 10.4. The number of rotatable bonds is 7. The van der Waals surface area contributed by atoms with Crippen molar-refractivity contribution in [3.63, 3.8) is 0 Å². The Bertz CT molecular complexity index is 433. The molecule has 0 rings (SSSR count). The highest BCUT2D eigenvalue weighted by atomic mass is 32.2. The van der Waals surface area contributed by atoms with Gasteiger partial charge in [0.05, 0.1) is 25.1 Å². The predicted molar refractivity (Wildman–Crippen MR) is 50.1 cm³/mol. The van der Waals surface area contributed by atoms with Crippen LogP contribution >= 0.6 is 0 Å². The van der Waals surface area contributed by atoms with Crippen molar-refractivity contribution in [2.24, 2.45) is 0 Å². The van der Waals surface area contributed by atoms with Gasteiger partial charge in [-0.05, 0) is 0 Å². The monoisotopic (exact) mass is 275 g/mol. The average Bonchev–Trinajstić information content (AvgIpc) is 1.97. The van der Waals surface area contributed by atoms with E-state index in [1.54, 1.807) is 0 Å². The summed E-state index contributed by atoms with van der Waals surface area (Å²) < 4.78 is 50.7. The molecule has 0 aliphatic heterocycles. The smallest absolute Gasteiger partial charge is 0.265 e. The lowest BCUT2D eigenvalue weighted by Crippen LogP contribution is -2.39. The Morgan fingerprint density at radius 3 is 2.00 bits per heavy atom. The predicted octanol–water partition coefficient (Wildman–Crippen LogP) is -2.55. The molecule has 0 saturated heterocycles. The van der Waals surface area contributed by atoms with Crippen molar-refractivity contribution in [2.45, 2.75) is 12.5 Å². The first-order chi connectivity index (χ1) is 7.01. The molecule has 1 atom stereocenters. The van der Waals surface area contributed by atoms with Crippen molar-refractivity contribution in [1.82, 2.24) is 0 Å². The molecule has 0 heterocycles. The molecular formula is C6H11O8S2-. The third-order valence-corrected chi connectivity index (χ3v) is 2.41. The lowest BCUT2D eigenvalue weighted by molar-refractivity contribution is -0.313. The summed E-state index contributed by atoms with van der Waals surface area (Å²) in [5, 5.41) is 10.4. The van der Waals surface area contributed by atoms with Crippen LogP contribution in [0.15, 0.2) is 0 Å². The molecule has 1 unspecified atom stereocenters. The number of hydrogen-bond acceptors (Lipinski definition) is 8. The third kappa shape index (κ3) is 8.59. The molecule has 0 aromatic heterocycles. The van der Waals surface area contributed by atoms with Gasteiger partial charge >= 0.3 is 0 Å². The summed E-state index contributed by atoms with van der Waals surface area (Å²) in [6.45, 7) is -0.507. The molecule has 0 bridgehead atoms. The van der Waals surface area contributed by atoms with Crippen LogP contribution in [0.25, 0.3) is 0 Å².